The first-order valence-electron chi connectivity index (χ1n) is 7.90. The van der Waals surface area contributed by atoms with Gasteiger partial charge in [-0.15, -0.1) is 0 Å². The van der Waals surface area contributed by atoms with Crippen molar-refractivity contribution in [1.29, 1.82) is 0 Å². The average molecular weight is 362 g/mol. The van der Waals surface area contributed by atoms with Gasteiger partial charge in [0, 0.05) is 36.8 Å². The minimum atomic E-state index is -0.468. The first kappa shape index (κ1) is 17.4. The van der Waals surface area contributed by atoms with Gasteiger partial charge in [0.25, 0.3) is 5.91 Å². The van der Waals surface area contributed by atoms with Crippen molar-refractivity contribution in [1.82, 2.24) is 10.2 Å². The average Bonchev–Trinajstić information content (AvgIpc) is 2.63. The minimum Gasteiger partial charge on any atom is -0.336 e. The second-order valence-corrected chi connectivity index (χ2v) is 6.13. The molecule has 2 N–H and O–H groups in total. The van der Waals surface area contributed by atoms with Crippen molar-refractivity contribution < 1.29 is 14.0 Å². The number of amides is 2. The summed E-state index contributed by atoms with van der Waals surface area (Å²) in [5, 5.41) is 6.03. The van der Waals surface area contributed by atoms with Crippen LogP contribution in [0.5, 0.6) is 0 Å². The van der Waals surface area contributed by atoms with Crippen LogP contribution in [0, 0.1) is 5.82 Å². The Morgan fingerprint density at radius 2 is 1.96 bits per heavy atom. The van der Waals surface area contributed by atoms with Crippen molar-refractivity contribution in [2.24, 2.45) is 0 Å². The number of hydrogen-bond acceptors (Lipinski definition) is 3. The minimum absolute atomic E-state index is 0.193. The van der Waals surface area contributed by atoms with E-state index in [-0.39, 0.29) is 5.91 Å². The number of rotatable bonds is 4. The first-order chi connectivity index (χ1) is 12.1. The number of carbonyl (C=O) groups is 2. The van der Waals surface area contributed by atoms with Gasteiger partial charge in [0.05, 0.1) is 11.3 Å². The molecule has 0 aromatic heterocycles. The van der Waals surface area contributed by atoms with Crippen LogP contribution < -0.4 is 10.6 Å². The molecule has 5 nitrogen and oxygen atoms in total. The monoisotopic (exact) mass is 361 g/mol. The molecule has 2 amide bonds. The highest BCUT2D eigenvalue weighted by Gasteiger charge is 2.21. The molecule has 2 aromatic carbocycles. The van der Waals surface area contributed by atoms with E-state index in [1.807, 2.05) is 0 Å². The maximum atomic E-state index is 14.2. The van der Waals surface area contributed by atoms with Gasteiger partial charge in [0.2, 0.25) is 6.41 Å². The molecule has 1 aliphatic heterocycles. The number of piperazine rings is 1. The number of carbonyl (C=O) groups excluding carboxylic acids is 2. The van der Waals surface area contributed by atoms with Crippen molar-refractivity contribution in [3.05, 3.63) is 52.8 Å². The second kappa shape index (κ2) is 7.63. The predicted octanol–water partition coefficient (Wildman–Crippen LogP) is 2.76. The molecule has 130 valence electrons. The van der Waals surface area contributed by atoms with E-state index >= 15 is 0 Å². The maximum Gasteiger partial charge on any atom is 0.256 e. The third kappa shape index (κ3) is 3.81. The molecule has 7 heteroatoms. The summed E-state index contributed by atoms with van der Waals surface area (Å²) < 4.78 is 14.2. The van der Waals surface area contributed by atoms with Crippen molar-refractivity contribution in [2.45, 2.75) is 0 Å². The zero-order chi connectivity index (χ0) is 17.8. The van der Waals surface area contributed by atoms with Crippen LogP contribution >= 0.6 is 11.6 Å². The number of nitrogens with zero attached hydrogens (tertiary/aromatic N) is 1. The maximum absolute atomic E-state index is 14.2. The van der Waals surface area contributed by atoms with Crippen LogP contribution in [-0.4, -0.2) is 43.4 Å². The fourth-order valence-corrected chi connectivity index (χ4v) is 3.00. The van der Waals surface area contributed by atoms with Crippen LogP contribution in [0.25, 0.3) is 11.1 Å². The molecule has 1 heterocycles. The molecular formula is C18H17ClFN3O2. The Hall–Kier alpha value is -2.44. The number of nitrogens with one attached hydrogen (secondary N) is 2. The van der Waals surface area contributed by atoms with Crippen molar-refractivity contribution in [2.75, 3.05) is 31.5 Å². The molecule has 1 fully saturated rings. The summed E-state index contributed by atoms with van der Waals surface area (Å²) in [6.45, 7) is 2.60. The summed E-state index contributed by atoms with van der Waals surface area (Å²) in [7, 11) is 0. The van der Waals surface area contributed by atoms with Gasteiger partial charge >= 0.3 is 0 Å². The van der Waals surface area contributed by atoms with Crippen LogP contribution in [0.15, 0.2) is 36.4 Å². The number of anilines is 1. The molecule has 0 bridgehead atoms. The Morgan fingerprint density at radius 3 is 2.64 bits per heavy atom. The molecule has 0 unspecified atom stereocenters. The Morgan fingerprint density at radius 1 is 1.20 bits per heavy atom. The molecule has 0 aliphatic carbocycles. The zero-order valence-corrected chi connectivity index (χ0v) is 14.1. The van der Waals surface area contributed by atoms with Gasteiger partial charge in [-0.3, -0.25) is 9.59 Å². The number of hydrogen-bond donors (Lipinski definition) is 2. The van der Waals surface area contributed by atoms with Gasteiger partial charge in [0.15, 0.2) is 0 Å². The lowest BCUT2D eigenvalue weighted by Gasteiger charge is -2.28. The van der Waals surface area contributed by atoms with E-state index in [2.05, 4.69) is 10.6 Å². The topological polar surface area (TPSA) is 61.4 Å². The van der Waals surface area contributed by atoms with Crippen molar-refractivity contribution in [3.8, 4) is 11.1 Å². The van der Waals surface area contributed by atoms with Gasteiger partial charge in [0.1, 0.15) is 5.82 Å². The van der Waals surface area contributed by atoms with Crippen LogP contribution in [0.3, 0.4) is 0 Å². The highest BCUT2D eigenvalue weighted by molar-refractivity contribution is 6.30. The molecular weight excluding hydrogens is 345 g/mol. The van der Waals surface area contributed by atoms with E-state index in [0.717, 1.165) is 0 Å². The Bertz CT molecular complexity index is 807. The Labute approximate surface area is 149 Å². The predicted molar refractivity (Wildman–Crippen MR) is 95.3 cm³/mol. The molecule has 25 heavy (non-hydrogen) atoms. The standard InChI is InChI=1S/C18H17ClFN3O2/c19-13-2-3-14(16(20)10-13)12-1-4-17(22-11-24)15(9-12)18(25)23-7-5-21-6-8-23/h1-4,9-11,21H,5-8H2,(H,22,24). The molecule has 3 rings (SSSR count). The highest BCUT2D eigenvalue weighted by Crippen LogP contribution is 2.29. The Balaban J connectivity index is 2.02. The lowest BCUT2D eigenvalue weighted by Crippen LogP contribution is -2.46. The first-order valence-corrected chi connectivity index (χ1v) is 8.27. The summed E-state index contributed by atoms with van der Waals surface area (Å²) in [5.41, 5.74) is 1.62. The van der Waals surface area contributed by atoms with Gasteiger partial charge in [-0.2, -0.15) is 0 Å². The SMILES string of the molecule is O=CNc1ccc(-c2ccc(Cl)cc2F)cc1C(=O)N1CCNCC1. The molecule has 2 aromatic rings. The smallest absolute Gasteiger partial charge is 0.256 e. The fraction of sp³-hybridized carbons (Fsp3) is 0.222. The summed E-state index contributed by atoms with van der Waals surface area (Å²) in [6, 6.07) is 9.25. The Kier molecular flexibility index (Phi) is 5.31. The summed E-state index contributed by atoms with van der Waals surface area (Å²) >= 11 is 5.80. The lowest BCUT2D eigenvalue weighted by atomic mass is 10.0. The quantitative estimate of drug-likeness (QED) is 0.823. The van der Waals surface area contributed by atoms with Crippen LogP contribution in [0.1, 0.15) is 10.4 Å². The highest BCUT2D eigenvalue weighted by atomic mass is 35.5. The van der Waals surface area contributed by atoms with Gasteiger partial charge < -0.3 is 15.5 Å². The van der Waals surface area contributed by atoms with Crippen molar-refractivity contribution in [3.63, 3.8) is 0 Å². The lowest BCUT2D eigenvalue weighted by molar-refractivity contribution is -0.105. The molecule has 0 saturated carbocycles. The van der Waals surface area contributed by atoms with Crippen LogP contribution in [0.4, 0.5) is 10.1 Å². The summed E-state index contributed by atoms with van der Waals surface area (Å²) in [5.74, 6) is -0.661. The molecule has 0 spiro atoms. The van der Waals surface area contributed by atoms with Gasteiger partial charge in [-0.1, -0.05) is 17.7 Å². The second-order valence-electron chi connectivity index (χ2n) is 5.69. The van der Waals surface area contributed by atoms with E-state index in [1.54, 1.807) is 35.2 Å². The van der Waals surface area contributed by atoms with Gasteiger partial charge in [-0.25, -0.2) is 4.39 Å². The van der Waals surface area contributed by atoms with Gasteiger partial charge in [-0.05, 0) is 35.9 Å². The van der Waals surface area contributed by atoms with Crippen molar-refractivity contribution >= 4 is 29.6 Å². The largest absolute Gasteiger partial charge is 0.336 e. The van der Waals surface area contributed by atoms with E-state index in [1.165, 1.54) is 6.07 Å². The third-order valence-electron chi connectivity index (χ3n) is 4.11. The molecule has 0 atom stereocenters. The van der Waals surface area contributed by atoms with E-state index in [0.29, 0.717) is 60.0 Å². The summed E-state index contributed by atoms with van der Waals surface area (Å²) in [6.07, 6.45) is 0.520. The normalized spacial score (nSPS) is 14.2. The van der Waals surface area contributed by atoms with Crippen LogP contribution in [-0.2, 0) is 4.79 Å². The van der Waals surface area contributed by atoms with E-state index < -0.39 is 5.82 Å². The molecule has 1 saturated heterocycles. The number of halogens is 2. The van der Waals surface area contributed by atoms with Crippen LogP contribution in [0.2, 0.25) is 5.02 Å². The zero-order valence-electron chi connectivity index (χ0n) is 13.4. The van der Waals surface area contributed by atoms with E-state index in [4.69, 9.17) is 11.6 Å². The third-order valence-corrected chi connectivity index (χ3v) is 4.35. The number of benzene rings is 2. The fourth-order valence-electron chi connectivity index (χ4n) is 2.84. The van der Waals surface area contributed by atoms with E-state index in [9.17, 15) is 14.0 Å². The molecule has 1 aliphatic rings. The molecule has 0 radical (unpaired) electrons. The summed E-state index contributed by atoms with van der Waals surface area (Å²) in [4.78, 5) is 25.4.